The maximum absolute atomic E-state index is 14.4. The molecule has 22 heteroatoms. The zero-order valence-corrected chi connectivity index (χ0v) is 43.8. The molecule has 2 aromatic rings. The smallest absolute Gasteiger partial charge is 0.303 e. The van der Waals surface area contributed by atoms with Gasteiger partial charge in [0, 0.05) is 54.2 Å². The van der Waals surface area contributed by atoms with Gasteiger partial charge in [0.05, 0.1) is 44.1 Å². The van der Waals surface area contributed by atoms with E-state index in [0.717, 1.165) is 22.6 Å². The average molecular weight is 1080 g/mol. The molecule has 9 atom stereocenters. The lowest BCUT2D eigenvalue weighted by Gasteiger charge is -2.64. The van der Waals surface area contributed by atoms with E-state index in [1.54, 1.807) is 48.6 Å². The highest BCUT2D eigenvalue weighted by Crippen LogP contribution is 2.73. The van der Waals surface area contributed by atoms with Crippen molar-refractivity contribution in [3.8, 4) is 5.75 Å². The van der Waals surface area contributed by atoms with Crippen LogP contribution in [0.15, 0.2) is 84.5 Å². The van der Waals surface area contributed by atoms with E-state index >= 15 is 0 Å². The highest BCUT2D eigenvalue weighted by molar-refractivity contribution is 6.28. The quantitative estimate of drug-likeness (QED) is 0.0444. The minimum atomic E-state index is -1.41. The molecule has 1 saturated heterocycles. The van der Waals surface area contributed by atoms with Gasteiger partial charge < -0.3 is 55.7 Å². The van der Waals surface area contributed by atoms with Gasteiger partial charge >= 0.3 is 5.97 Å². The van der Waals surface area contributed by atoms with Crippen molar-refractivity contribution in [2.75, 3.05) is 51.3 Å². The number of fused-ring (bicyclic) bond motifs is 7. The predicted octanol–water partition coefficient (Wildman–Crippen LogP) is 1.42. The SMILES string of the molecule is C[C@@]12CCC3=CC(=O)C=C[C@]3(C)[C@H]1[C@@H](O)C[C@@]1(C)[C@H]2C[C@H]2OCO[C@]21C(=O)COCNC(=O)CNC(=O)[C@H](Cc1ccccc1)NC(=O)CNC(=O)CNC(=O)CCc1ccc(N2C(=O)C=CC2=O)cc1OCCCC(=O)O. The lowest BCUT2D eigenvalue weighted by Crippen LogP contribution is -2.66. The second kappa shape index (κ2) is 23.7. The summed E-state index contributed by atoms with van der Waals surface area (Å²) in [4.78, 5) is 128. The van der Waals surface area contributed by atoms with Gasteiger partial charge in [-0.15, -0.1) is 0 Å². The van der Waals surface area contributed by atoms with Gasteiger partial charge in [-0.05, 0) is 79.2 Å². The van der Waals surface area contributed by atoms with Crippen LogP contribution in [0.5, 0.6) is 5.75 Å². The Bertz CT molecular complexity index is 2820. The Balaban J connectivity index is 0.780. The number of ketones is 2. The predicted molar refractivity (Wildman–Crippen MR) is 275 cm³/mol. The topological polar surface area (TPSA) is 311 Å². The molecular formula is C56H66N6O16. The number of carboxylic acids is 1. The molecule has 4 fully saturated rings. The molecule has 6 aliphatic rings. The number of hydrogen-bond donors (Lipinski definition) is 7. The highest BCUT2D eigenvalue weighted by Gasteiger charge is 2.77. The summed E-state index contributed by atoms with van der Waals surface area (Å²) in [6.07, 6.45) is 8.30. The summed E-state index contributed by atoms with van der Waals surface area (Å²) in [5.41, 5.74) is -0.747. The van der Waals surface area contributed by atoms with E-state index in [1.807, 2.05) is 13.0 Å². The number of nitrogens with one attached hydrogen (secondary N) is 5. The van der Waals surface area contributed by atoms with Crippen LogP contribution in [0.3, 0.4) is 0 Å². The van der Waals surface area contributed by atoms with Crippen LogP contribution in [-0.4, -0.2) is 139 Å². The third-order valence-corrected chi connectivity index (χ3v) is 16.6. The molecule has 2 aromatic carbocycles. The third kappa shape index (κ3) is 11.7. The van der Waals surface area contributed by atoms with Crippen LogP contribution in [0.4, 0.5) is 5.69 Å². The Morgan fingerprint density at radius 1 is 0.846 bits per heavy atom. The van der Waals surface area contributed by atoms with Crippen LogP contribution in [0, 0.1) is 28.1 Å². The summed E-state index contributed by atoms with van der Waals surface area (Å²) in [7, 11) is 0. The van der Waals surface area contributed by atoms with E-state index in [2.05, 4.69) is 40.4 Å². The Hall–Kier alpha value is -7.40. The number of Topliss-reactive ketones (excluding diaryl/α,β-unsaturated/α-hetero) is 1. The number of aliphatic hydroxyl groups is 1. The first kappa shape index (κ1) is 56.8. The van der Waals surface area contributed by atoms with Crippen molar-refractivity contribution in [3.63, 3.8) is 0 Å². The summed E-state index contributed by atoms with van der Waals surface area (Å²) < 4.78 is 23.9. The van der Waals surface area contributed by atoms with E-state index in [9.17, 15) is 53.1 Å². The summed E-state index contributed by atoms with van der Waals surface area (Å²) in [5.74, 6) is -5.93. The number of benzene rings is 2. The van der Waals surface area contributed by atoms with E-state index < -0.39 is 114 Å². The van der Waals surface area contributed by atoms with Gasteiger partial charge in [0.25, 0.3) is 11.8 Å². The van der Waals surface area contributed by atoms with E-state index in [1.165, 1.54) is 12.1 Å². The number of imide groups is 1. The number of hydrogen-bond acceptors (Lipinski definition) is 15. The van der Waals surface area contributed by atoms with Crippen molar-refractivity contribution in [1.29, 1.82) is 0 Å². The van der Waals surface area contributed by atoms with Crippen molar-refractivity contribution in [1.82, 2.24) is 26.6 Å². The molecule has 3 saturated carbocycles. The lowest BCUT2D eigenvalue weighted by atomic mass is 9.40. The molecule has 0 bridgehead atoms. The highest BCUT2D eigenvalue weighted by atomic mass is 16.7. The number of rotatable bonds is 24. The van der Waals surface area contributed by atoms with E-state index in [-0.39, 0.29) is 93.5 Å². The van der Waals surface area contributed by atoms with Crippen LogP contribution in [0.25, 0.3) is 0 Å². The number of ether oxygens (including phenoxy) is 4. The zero-order valence-electron chi connectivity index (χ0n) is 43.8. The third-order valence-electron chi connectivity index (χ3n) is 16.6. The first-order chi connectivity index (χ1) is 37.2. The minimum absolute atomic E-state index is 0.00895. The standard InChI is InChI=1S/C56H66N6O16/c1-53-20-18-37(63)23-35(53)17-19-54(2)41-25-43-56(78-32-77-43,55(41,3)26-39(64)51(53)54)42(65)30-75-31-60-46(68)28-59-52(74)38(22-33-8-5-4-6-9-33)61-47(69)29-58-45(67)27-57-44(66)14-12-34-11-13-36(62-48(70)15-16-49(62)71)24-40(34)76-21-7-10-50(72)73/h4-6,8-9,11,13,15-16,18,20,23-24,38-39,41,43,51,64H,7,10,12,14,17,19,21-22,25-32H2,1-3H3,(H,57,66)(H,58,67)(H,59,74)(H,60,68)(H,61,69)(H,72,73)/t38-,39-,41-,43+,51+,53-,54-,55-,56+/m0/s1. The Labute approximate surface area is 450 Å². The summed E-state index contributed by atoms with van der Waals surface area (Å²) in [6.45, 7) is 3.76. The normalized spacial score (nSPS) is 27.8. The first-order valence-corrected chi connectivity index (χ1v) is 26.1. The number of aliphatic carboxylic acids is 1. The number of aryl methyl sites for hydroxylation is 1. The van der Waals surface area contributed by atoms with Gasteiger partial charge in [0.2, 0.25) is 29.5 Å². The number of anilines is 1. The number of carbonyl (C=O) groups is 10. The fraction of sp³-hybridized carbons (Fsp3) is 0.500. The Morgan fingerprint density at radius 2 is 1.55 bits per heavy atom. The molecule has 0 radical (unpaired) electrons. The Morgan fingerprint density at radius 3 is 2.29 bits per heavy atom. The van der Waals surface area contributed by atoms with Gasteiger partial charge in [-0.25, -0.2) is 4.90 Å². The molecular weight excluding hydrogens is 1010 g/mol. The summed E-state index contributed by atoms with van der Waals surface area (Å²) in [5, 5.41) is 33.5. The molecule has 0 aromatic heterocycles. The monoisotopic (exact) mass is 1080 g/mol. The molecule has 22 nitrogen and oxygen atoms in total. The molecule has 4 aliphatic carbocycles. The van der Waals surface area contributed by atoms with E-state index in [0.29, 0.717) is 30.4 Å². The lowest BCUT2D eigenvalue weighted by molar-refractivity contribution is -0.208. The fourth-order valence-corrected chi connectivity index (χ4v) is 13.1. The second-order valence-electron chi connectivity index (χ2n) is 21.4. The second-order valence-corrected chi connectivity index (χ2v) is 21.4. The van der Waals surface area contributed by atoms with Gasteiger partial charge in [-0.1, -0.05) is 68.8 Å². The molecule has 7 N–H and O–H groups in total. The van der Waals surface area contributed by atoms with Crippen LogP contribution < -0.4 is 36.2 Å². The van der Waals surface area contributed by atoms with Crippen LogP contribution in [-0.2, 0) is 75.0 Å². The summed E-state index contributed by atoms with van der Waals surface area (Å²) >= 11 is 0. The molecule has 416 valence electrons. The van der Waals surface area contributed by atoms with Crippen molar-refractivity contribution >= 4 is 64.6 Å². The number of carboxylic acid groups (broad SMARTS) is 1. The number of aliphatic hydroxyl groups excluding tert-OH is 1. The van der Waals surface area contributed by atoms with Crippen molar-refractivity contribution < 1.29 is 77.1 Å². The maximum Gasteiger partial charge on any atom is 0.303 e. The molecule has 2 aliphatic heterocycles. The molecule has 0 spiro atoms. The minimum Gasteiger partial charge on any atom is -0.493 e. The van der Waals surface area contributed by atoms with Gasteiger partial charge in [-0.2, -0.15) is 0 Å². The van der Waals surface area contributed by atoms with Gasteiger partial charge in [0.15, 0.2) is 17.2 Å². The van der Waals surface area contributed by atoms with Crippen LogP contribution in [0.2, 0.25) is 0 Å². The van der Waals surface area contributed by atoms with Crippen molar-refractivity contribution in [2.24, 2.45) is 28.1 Å². The molecule has 0 unspecified atom stereocenters. The largest absolute Gasteiger partial charge is 0.493 e. The molecule has 78 heavy (non-hydrogen) atoms. The summed E-state index contributed by atoms with van der Waals surface area (Å²) in [6, 6.07) is 12.1. The van der Waals surface area contributed by atoms with Gasteiger partial charge in [-0.3, -0.25) is 47.9 Å². The van der Waals surface area contributed by atoms with Crippen molar-refractivity contribution in [2.45, 2.75) is 102 Å². The maximum atomic E-state index is 14.4. The van der Waals surface area contributed by atoms with Crippen LogP contribution >= 0.6 is 0 Å². The number of carbonyl (C=O) groups excluding carboxylic acids is 9. The molecule has 2 heterocycles. The number of allylic oxidation sites excluding steroid dienone is 4. The molecule has 7 amide bonds. The average Bonchev–Trinajstić information content (AvgIpc) is 4.06. The zero-order chi connectivity index (χ0) is 56.0. The fourth-order valence-electron chi connectivity index (χ4n) is 13.1. The van der Waals surface area contributed by atoms with Gasteiger partial charge in [0.1, 0.15) is 31.9 Å². The Kier molecular flexibility index (Phi) is 17.2. The first-order valence-electron chi connectivity index (χ1n) is 26.1. The van der Waals surface area contributed by atoms with Crippen molar-refractivity contribution in [3.05, 3.63) is 95.6 Å². The van der Waals surface area contributed by atoms with Crippen LogP contribution in [0.1, 0.15) is 76.8 Å². The molecule has 8 rings (SSSR count). The number of nitrogens with zero attached hydrogens (tertiary/aromatic N) is 1. The van der Waals surface area contributed by atoms with E-state index in [4.69, 9.17) is 24.1 Å². The number of amides is 7.